The maximum Gasteiger partial charge on any atom is 0.471 e. The summed E-state index contributed by atoms with van der Waals surface area (Å²) >= 11 is 0. The molecule has 0 saturated carbocycles. The summed E-state index contributed by atoms with van der Waals surface area (Å²) in [6.07, 6.45) is -4.73. The highest BCUT2D eigenvalue weighted by Gasteiger charge is 2.38. The molecule has 1 atom stereocenters. The van der Waals surface area contributed by atoms with Crippen LogP contribution in [0.5, 0.6) is 5.75 Å². The second-order valence-electron chi connectivity index (χ2n) is 6.38. The quantitative estimate of drug-likeness (QED) is 0.757. The molecular formula is C16H16F5N3O2. The summed E-state index contributed by atoms with van der Waals surface area (Å²) in [5.41, 5.74) is 0.937. The molecule has 0 bridgehead atoms. The van der Waals surface area contributed by atoms with Crippen molar-refractivity contribution in [1.82, 2.24) is 15.0 Å². The fourth-order valence-corrected chi connectivity index (χ4v) is 2.67. The van der Waals surface area contributed by atoms with E-state index in [0.29, 0.717) is 11.3 Å². The molecule has 10 heteroatoms. The lowest BCUT2D eigenvalue weighted by Gasteiger charge is -2.28. The first kappa shape index (κ1) is 18.6. The van der Waals surface area contributed by atoms with Crippen LogP contribution in [0.25, 0.3) is 11.4 Å². The zero-order valence-electron chi connectivity index (χ0n) is 14.0. The Morgan fingerprint density at radius 2 is 1.96 bits per heavy atom. The van der Waals surface area contributed by atoms with Gasteiger partial charge >= 0.3 is 12.1 Å². The Labute approximate surface area is 145 Å². The van der Waals surface area contributed by atoms with Crippen molar-refractivity contribution in [3.8, 4) is 17.1 Å². The Morgan fingerprint density at radius 3 is 2.58 bits per heavy atom. The molecule has 0 amide bonds. The Hall–Kier alpha value is -2.23. The summed E-state index contributed by atoms with van der Waals surface area (Å²) < 4.78 is 74.3. The molecule has 142 valence electrons. The number of ether oxygens (including phenoxy) is 1. The lowest BCUT2D eigenvalue weighted by atomic mass is 10.1. The zero-order chi connectivity index (χ0) is 19.1. The SMILES string of the molecule is C[C@H]1COc2cc(-c3noc(C(F)(F)F)n3)ccc2CN1CC(C)(F)F. The average molecular weight is 377 g/mol. The molecule has 3 rings (SSSR count). The van der Waals surface area contributed by atoms with E-state index >= 15 is 0 Å². The van der Waals surface area contributed by atoms with E-state index in [4.69, 9.17) is 4.74 Å². The lowest BCUT2D eigenvalue weighted by molar-refractivity contribution is -0.159. The summed E-state index contributed by atoms with van der Waals surface area (Å²) in [5, 5.41) is 3.33. The second kappa shape index (κ2) is 6.49. The topological polar surface area (TPSA) is 51.4 Å². The highest BCUT2D eigenvalue weighted by atomic mass is 19.4. The van der Waals surface area contributed by atoms with Crippen molar-refractivity contribution in [3.05, 3.63) is 29.7 Å². The van der Waals surface area contributed by atoms with E-state index in [1.54, 1.807) is 17.9 Å². The molecule has 2 heterocycles. The molecule has 0 spiro atoms. The van der Waals surface area contributed by atoms with Gasteiger partial charge in [0.1, 0.15) is 12.4 Å². The van der Waals surface area contributed by atoms with Crippen molar-refractivity contribution < 1.29 is 31.2 Å². The average Bonchev–Trinajstić information content (AvgIpc) is 2.96. The summed E-state index contributed by atoms with van der Waals surface area (Å²) in [6, 6.07) is 4.35. The van der Waals surface area contributed by atoms with Crippen molar-refractivity contribution in [2.45, 2.75) is 38.5 Å². The van der Waals surface area contributed by atoms with Crippen molar-refractivity contribution in [3.63, 3.8) is 0 Å². The number of benzene rings is 1. The minimum absolute atomic E-state index is 0.173. The standard InChI is InChI=1S/C16H16F5N3O2/c1-9-7-25-12-5-10(13-22-14(26-23-13)16(19,20)21)3-4-11(12)6-24(9)8-15(2,17)18/h3-5,9H,6-8H2,1-2H3/t9-/m0/s1. The fourth-order valence-electron chi connectivity index (χ4n) is 2.67. The Morgan fingerprint density at radius 1 is 1.23 bits per heavy atom. The number of rotatable bonds is 3. The summed E-state index contributed by atoms with van der Waals surface area (Å²) in [7, 11) is 0. The third kappa shape index (κ3) is 4.12. The van der Waals surface area contributed by atoms with Gasteiger partial charge in [-0.15, -0.1) is 0 Å². The van der Waals surface area contributed by atoms with Gasteiger partial charge in [0.05, 0.1) is 6.54 Å². The molecule has 0 saturated heterocycles. The Balaban J connectivity index is 1.86. The van der Waals surface area contributed by atoms with Crippen LogP contribution in [0.2, 0.25) is 0 Å². The molecule has 0 fully saturated rings. The number of alkyl halides is 5. The van der Waals surface area contributed by atoms with Crippen LogP contribution in [0, 0.1) is 0 Å². The molecule has 0 N–H and O–H groups in total. The molecule has 26 heavy (non-hydrogen) atoms. The molecule has 1 aliphatic rings. The molecule has 0 radical (unpaired) electrons. The normalized spacial score (nSPS) is 19.0. The van der Waals surface area contributed by atoms with Crippen LogP contribution in [0.4, 0.5) is 22.0 Å². The first-order chi connectivity index (χ1) is 12.0. The van der Waals surface area contributed by atoms with Gasteiger partial charge in [-0.05, 0) is 13.0 Å². The Bertz CT molecular complexity index is 785. The van der Waals surface area contributed by atoms with Crippen LogP contribution in [0.15, 0.2) is 22.7 Å². The van der Waals surface area contributed by atoms with E-state index in [1.165, 1.54) is 12.1 Å². The van der Waals surface area contributed by atoms with Gasteiger partial charge in [0.2, 0.25) is 5.82 Å². The van der Waals surface area contributed by atoms with E-state index in [2.05, 4.69) is 14.7 Å². The van der Waals surface area contributed by atoms with Crippen LogP contribution < -0.4 is 4.74 Å². The van der Waals surface area contributed by atoms with Crippen LogP contribution in [0.3, 0.4) is 0 Å². The van der Waals surface area contributed by atoms with E-state index in [1.807, 2.05) is 0 Å². The van der Waals surface area contributed by atoms with Crippen molar-refractivity contribution >= 4 is 0 Å². The molecule has 1 aromatic heterocycles. The molecular weight excluding hydrogens is 361 g/mol. The van der Waals surface area contributed by atoms with Gasteiger partial charge in [-0.2, -0.15) is 18.2 Å². The van der Waals surface area contributed by atoms with Crippen molar-refractivity contribution in [2.24, 2.45) is 0 Å². The first-order valence-corrected chi connectivity index (χ1v) is 7.82. The first-order valence-electron chi connectivity index (χ1n) is 7.82. The minimum Gasteiger partial charge on any atom is -0.492 e. The van der Waals surface area contributed by atoms with E-state index < -0.39 is 24.5 Å². The third-order valence-corrected chi connectivity index (χ3v) is 3.95. The second-order valence-corrected chi connectivity index (χ2v) is 6.38. The summed E-state index contributed by atoms with van der Waals surface area (Å²) in [6.45, 7) is 2.61. The highest BCUT2D eigenvalue weighted by molar-refractivity contribution is 5.59. The van der Waals surface area contributed by atoms with Gasteiger partial charge in [0.25, 0.3) is 5.92 Å². The number of nitrogens with zero attached hydrogens (tertiary/aromatic N) is 3. The molecule has 1 aliphatic heterocycles. The van der Waals surface area contributed by atoms with E-state index in [-0.39, 0.29) is 30.6 Å². The lowest BCUT2D eigenvalue weighted by Crippen LogP contribution is -2.41. The van der Waals surface area contributed by atoms with Crippen LogP contribution in [-0.4, -0.2) is 40.2 Å². The van der Waals surface area contributed by atoms with Crippen molar-refractivity contribution in [1.29, 1.82) is 0 Å². The fraction of sp³-hybridized carbons (Fsp3) is 0.500. The van der Waals surface area contributed by atoms with Gasteiger partial charge in [0.15, 0.2) is 0 Å². The number of aromatic nitrogens is 2. The van der Waals surface area contributed by atoms with Gasteiger partial charge in [-0.25, -0.2) is 8.78 Å². The summed E-state index contributed by atoms with van der Waals surface area (Å²) in [4.78, 5) is 4.93. The molecule has 1 aromatic carbocycles. The van der Waals surface area contributed by atoms with Gasteiger partial charge in [-0.3, -0.25) is 4.90 Å². The number of hydrogen-bond acceptors (Lipinski definition) is 5. The summed E-state index contributed by atoms with van der Waals surface area (Å²) in [5.74, 6) is -4.11. The van der Waals surface area contributed by atoms with Crippen LogP contribution in [-0.2, 0) is 12.7 Å². The molecule has 0 unspecified atom stereocenters. The molecule has 5 nitrogen and oxygen atoms in total. The van der Waals surface area contributed by atoms with Gasteiger partial charge in [-0.1, -0.05) is 17.3 Å². The third-order valence-electron chi connectivity index (χ3n) is 3.95. The molecule has 2 aromatic rings. The number of halogens is 5. The number of hydrogen-bond donors (Lipinski definition) is 0. The Kier molecular flexibility index (Phi) is 4.63. The van der Waals surface area contributed by atoms with E-state index in [9.17, 15) is 22.0 Å². The predicted octanol–water partition coefficient (Wildman–Crippen LogP) is 3.99. The van der Waals surface area contributed by atoms with Gasteiger partial charge < -0.3 is 9.26 Å². The number of fused-ring (bicyclic) bond motifs is 1. The van der Waals surface area contributed by atoms with Crippen molar-refractivity contribution in [2.75, 3.05) is 13.2 Å². The maximum absolute atomic E-state index is 13.4. The monoisotopic (exact) mass is 377 g/mol. The smallest absolute Gasteiger partial charge is 0.471 e. The predicted molar refractivity (Wildman–Crippen MR) is 80.7 cm³/mol. The highest BCUT2D eigenvalue weighted by Crippen LogP contribution is 2.33. The largest absolute Gasteiger partial charge is 0.492 e. The van der Waals surface area contributed by atoms with Crippen LogP contribution in [0.1, 0.15) is 25.3 Å². The maximum atomic E-state index is 13.4. The van der Waals surface area contributed by atoms with Gasteiger partial charge in [0, 0.05) is 30.6 Å². The minimum atomic E-state index is -4.73. The molecule has 0 aliphatic carbocycles. The van der Waals surface area contributed by atoms with Crippen LogP contribution >= 0.6 is 0 Å². The zero-order valence-corrected chi connectivity index (χ0v) is 14.0. The van der Waals surface area contributed by atoms with E-state index in [0.717, 1.165) is 6.92 Å².